The van der Waals surface area contributed by atoms with E-state index in [1.807, 2.05) is 35.7 Å². The zero-order chi connectivity index (χ0) is 23.7. The Bertz CT molecular complexity index is 1450. The summed E-state index contributed by atoms with van der Waals surface area (Å²) < 4.78 is 32.4. The Kier molecular flexibility index (Phi) is 5.90. The first kappa shape index (κ1) is 21.9. The fraction of sp³-hybridized carbons (Fsp3) is 0.115. The molecule has 0 atom stereocenters. The lowest BCUT2D eigenvalue weighted by molar-refractivity contribution is -0.119. The highest BCUT2D eigenvalue weighted by molar-refractivity contribution is 7.10. The minimum atomic E-state index is -0.788. The molecule has 0 aliphatic heterocycles. The van der Waals surface area contributed by atoms with Crippen LogP contribution < -0.4 is 5.32 Å². The average Bonchev–Trinajstić information content (AvgIpc) is 3.49. The maximum absolute atomic E-state index is 13.8. The number of ether oxygens (including phenoxy) is 1. The highest BCUT2D eigenvalue weighted by Crippen LogP contribution is 2.38. The van der Waals surface area contributed by atoms with Crippen LogP contribution in [0.25, 0.3) is 22.6 Å². The number of nitrogens with zero attached hydrogens (tertiary/aromatic N) is 1. The Balaban J connectivity index is 1.42. The minimum Gasteiger partial charge on any atom is -0.452 e. The second kappa shape index (κ2) is 9.15. The van der Waals surface area contributed by atoms with Gasteiger partial charge in [0.2, 0.25) is 0 Å². The predicted octanol–water partition coefficient (Wildman–Crippen LogP) is 5.86. The molecular weight excluding hydrogens is 458 g/mol. The Labute approximate surface area is 197 Å². The predicted molar refractivity (Wildman–Crippen MR) is 128 cm³/mol. The van der Waals surface area contributed by atoms with Gasteiger partial charge in [-0.2, -0.15) is 0 Å². The number of benzene rings is 2. The molecule has 1 aliphatic rings. The van der Waals surface area contributed by atoms with Crippen LogP contribution in [-0.2, 0) is 16.0 Å². The molecule has 0 saturated heterocycles. The number of halogens is 2. The van der Waals surface area contributed by atoms with Gasteiger partial charge in [0.15, 0.2) is 6.61 Å². The third kappa shape index (κ3) is 4.32. The Morgan fingerprint density at radius 2 is 1.94 bits per heavy atom. The van der Waals surface area contributed by atoms with Gasteiger partial charge in [-0.1, -0.05) is 24.3 Å². The number of anilines is 1. The number of carbonyl (C=O) groups excluding carboxylic acids is 2. The number of fused-ring (bicyclic) bond motifs is 2. The summed E-state index contributed by atoms with van der Waals surface area (Å²) in [7, 11) is 0. The molecule has 1 N–H and O–H groups in total. The molecule has 0 unspecified atom stereocenters. The Morgan fingerprint density at radius 1 is 1.09 bits per heavy atom. The summed E-state index contributed by atoms with van der Waals surface area (Å²) in [6.45, 7) is -0.641. The first-order valence-corrected chi connectivity index (χ1v) is 11.5. The summed E-state index contributed by atoms with van der Waals surface area (Å²) in [6.07, 6.45) is 3.43. The molecule has 5 nitrogen and oxygen atoms in total. The monoisotopic (exact) mass is 476 g/mol. The number of esters is 1. The Hall–Kier alpha value is -3.91. The van der Waals surface area contributed by atoms with E-state index in [1.165, 1.54) is 0 Å². The summed E-state index contributed by atoms with van der Waals surface area (Å²) in [6, 6.07) is 14.0. The van der Waals surface area contributed by atoms with Crippen molar-refractivity contribution in [1.82, 2.24) is 4.98 Å². The van der Waals surface area contributed by atoms with Crippen molar-refractivity contribution in [3.8, 4) is 0 Å². The van der Waals surface area contributed by atoms with Crippen molar-refractivity contribution in [2.24, 2.45) is 0 Å². The lowest BCUT2D eigenvalue weighted by atomic mass is 10.0. The number of pyridine rings is 1. The van der Waals surface area contributed by atoms with Crippen molar-refractivity contribution < 1.29 is 23.1 Å². The molecule has 0 fully saturated rings. The summed E-state index contributed by atoms with van der Waals surface area (Å²) in [5.74, 6) is -2.92. The molecule has 0 spiro atoms. The molecule has 5 rings (SSSR count). The third-order valence-corrected chi connectivity index (χ3v) is 6.36. The van der Waals surface area contributed by atoms with Gasteiger partial charge in [0.1, 0.15) is 11.6 Å². The number of thiophene rings is 1. The SMILES string of the molecule is O=C(COC(=O)c1c2c(nc3ccccc13)C(=Cc1cccs1)CC2)Nc1cc(F)ccc1F. The van der Waals surface area contributed by atoms with Gasteiger partial charge < -0.3 is 10.1 Å². The van der Waals surface area contributed by atoms with Crippen LogP contribution in [0.5, 0.6) is 0 Å². The van der Waals surface area contributed by atoms with Gasteiger partial charge in [-0.3, -0.25) is 4.79 Å². The largest absolute Gasteiger partial charge is 0.452 e. The van der Waals surface area contributed by atoms with Crippen molar-refractivity contribution >= 4 is 51.5 Å². The molecule has 0 bridgehead atoms. The van der Waals surface area contributed by atoms with Gasteiger partial charge in [-0.25, -0.2) is 18.6 Å². The normalized spacial score (nSPS) is 13.8. The van der Waals surface area contributed by atoms with Gasteiger partial charge in [0.05, 0.1) is 22.5 Å². The fourth-order valence-electron chi connectivity index (χ4n) is 4.04. The van der Waals surface area contributed by atoms with E-state index in [2.05, 4.69) is 11.4 Å². The first-order chi connectivity index (χ1) is 16.5. The van der Waals surface area contributed by atoms with E-state index in [0.29, 0.717) is 22.9 Å². The molecule has 0 saturated carbocycles. The average molecular weight is 477 g/mol. The van der Waals surface area contributed by atoms with Crippen molar-refractivity contribution in [2.45, 2.75) is 12.8 Å². The number of allylic oxidation sites excluding steroid dienone is 1. The molecule has 4 aromatic rings. The minimum absolute atomic E-state index is 0.320. The van der Waals surface area contributed by atoms with Gasteiger partial charge >= 0.3 is 5.97 Å². The van der Waals surface area contributed by atoms with Gasteiger partial charge in [-0.05, 0) is 59.7 Å². The van der Waals surface area contributed by atoms with Crippen molar-refractivity contribution in [1.29, 1.82) is 0 Å². The summed E-state index contributed by atoms with van der Waals surface area (Å²) in [5, 5.41) is 4.87. The third-order valence-electron chi connectivity index (χ3n) is 5.54. The van der Waals surface area contributed by atoms with Crippen molar-refractivity contribution in [3.05, 3.63) is 93.3 Å². The fourth-order valence-corrected chi connectivity index (χ4v) is 4.72. The van der Waals surface area contributed by atoms with Crippen LogP contribution in [0, 0.1) is 11.6 Å². The molecule has 34 heavy (non-hydrogen) atoms. The molecule has 8 heteroatoms. The van der Waals surface area contributed by atoms with E-state index in [4.69, 9.17) is 9.72 Å². The molecule has 2 aromatic carbocycles. The van der Waals surface area contributed by atoms with E-state index in [-0.39, 0.29) is 5.69 Å². The van der Waals surface area contributed by atoms with Gasteiger partial charge in [-0.15, -0.1) is 11.3 Å². The number of amides is 1. The van der Waals surface area contributed by atoms with E-state index in [9.17, 15) is 18.4 Å². The van der Waals surface area contributed by atoms with Crippen LogP contribution in [0.4, 0.5) is 14.5 Å². The number of rotatable bonds is 5. The van der Waals surface area contributed by atoms with Gasteiger partial charge in [0.25, 0.3) is 5.91 Å². The van der Waals surface area contributed by atoms with Crippen LogP contribution in [0.15, 0.2) is 60.0 Å². The summed E-state index contributed by atoms with van der Waals surface area (Å²) in [4.78, 5) is 31.3. The van der Waals surface area contributed by atoms with E-state index in [1.54, 1.807) is 17.4 Å². The topological polar surface area (TPSA) is 68.3 Å². The molecule has 1 amide bonds. The highest BCUT2D eigenvalue weighted by atomic mass is 32.1. The number of nitrogens with one attached hydrogen (secondary N) is 1. The zero-order valence-corrected chi connectivity index (χ0v) is 18.6. The molecule has 2 heterocycles. The van der Waals surface area contributed by atoms with Gasteiger partial charge in [0, 0.05) is 16.3 Å². The summed E-state index contributed by atoms with van der Waals surface area (Å²) in [5.41, 5.74) is 3.28. The molecule has 1 aliphatic carbocycles. The van der Waals surface area contributed by atoms with E-state index in [0.717, 1.165) is 46.3 Å². The standard InChI is InChI=1S/C26H18F2N2O3S/c27-16-8-10-20(28)22(13-16)29-23(31)14-33-26(32)24-18-5-1-2-6-21(18)30-25-15(7-9-19(24)25)12-17-4-3-11-34-17/h1-6,8,10-13H,7,9,14H2,(H,29,31). The van der Waals surface area contributed by atoms with Crippen LogP contribution in [0.2, 0.25) is 0 Å². The molecular formula is C26H18F2N2O3S. The van der Waals surface area contributed by atoms with E-state index < -0.39 is 30.1 Å². The molecule has 170 valence electrons. The van der Waals surface area contributed by atoms with Crippen molar-refractivity contribution in [2.75, 3.05) is 11.9 Å². The Morgan fingerprint density at radius 3 is 2.76 bits per heavy atom. The van der Waals surface area contributed by atoms with Crippen LogP contribution in [0.3, 0.4) is 0 Å². The van der Waals surface area contributed by atoms with Crippen LogP contribution in [0.1, 0.15) is 32.9 Å². The first-order valence-electron chi connectivity index (χ1n) is 10.6. The number of aromatic nitrogens is 1. The smallest absolute Gasteiger partial charge is 0.339 e. The second-order valence-corrected chi connectivity index (χ2v) is 8.74. The quantitative estimate of drug-likeness (QED) is 0.367. The van der Waals surface area contributed by atoms with Crippen LogP contribution >= 0.6 is 11.3 Å². The number of carbonyl (C=O) groups is 2. The maximum atomic E-state index is 13.8. The van der Waals surface area contributed by atoms with Crippen molar-refractivity contribution in [3.63, 3.8) is 0 Å². The highest BCUT2D eigenvalue weighted by Gasteiger charge is 2.28. The second-order valence-electron chi connectivity index (χ2n) is 7.76. The number of para-hydroxylation sites is 1. The molecule has 2 aromatic heterocycles. The lowest BCUT2D eigenvalue weighted by Crippen LogP contribution is -2.22. The number of hydrogen-bond acceptors (Lipinski definition) is 5. The van der Waals surface area contributed by atoms with Crippen LogP contribution in [-0.4, -0.2) is 23.5 Å². The maximum Gasteiger partial charge on any atom is 0.339 e. The number of hydrogen-bond donors (Lipinski definition) is 1. The lowest BCUT2D eigenvalue weighted by Gasteiger charge is -2.12. The molecule has 0 radical (unpaired) electrons. The zero-order valence-electron chi connectivity index (χ0n) is 17.8. The summed E-state index contributed by atoms with van der Waals surface area (Å²) >= 11 is 1.62. The van der Waals surface area contributed by atoms with E-state index >= 15 is 0 Å².